The fourth-order valence-corrected chi connectivity index (χ4v) is 3.81. The van der Waals surface area contributed by atoms with E-state index >= 15 is 0 Å². The van der Waals surface area contributed by atoms with Crippen molar-refractivity contribution in [2.24, 2.45) is 23.0 Å². The molecule has 0 aromatic carbocycles. The van der Waals surface area contributed by atoms with Crippen molar-refractivity contribution in [3.63, 3.8) is 0 Å². The van der Waals surface area contributed by atoms with Crippen molar-refractivity contribution in [3.05, 3.63) is 0 Å². The monoisotopic (exact) mass is 213 g/mol. The van der Waals surface area contributed by atoms with Crippen LogP contribution in [0.1, 0.15) is 39.0 Å². The molecule has 82 valence electrons. The van der Waals surface area contributed by atoms with Gasteiger partial charge in [-0.1, -0.05) is 6.92 Å². The van der Waals surface area contributed by atoms with Crippen molar-refractivity contribution >= 4 is 11.8 Å². The van der Waals surface area contributed by atoms with Crippen molar-refractivity contribution in [2.45, 2.75) is 39.0 Å². The second-order valence-electron chi connectivity index (χ2n) is 5.17. The van der Waals surface area contributed by atoms with Crippen LogP contribution in [-0.2, 0) is 0 Å². The Balaban J connectivity index is 1.70. The molecule has 2 heteroatoms. The van der Waals surface area contributed by atoms with Crippen LogP contribution < -0.4 is 5.73 Å². The number of hydrogen-bond acceptors (Lipinski definition) is 2. The zero-order valence-electron chi connectivity index (χ0n) is 9.30. The molecular formula is C12H23NS. The first kappa shape index (κ1) is 10.8. The molecule has 2 aliphatic carbocycles. The van der Waals surface area contributed by atoms with Crippen LogP contribution in [0.25, 0.3) is 0 Å². The SMILES string of the molecule is CCSCCCC1(CN)CC2CC2C1. The van der Waals surface area contributed by atoms with Crippen LogP contribution in [0.4, 0.5) is 0 Å². The number of rotatable bonds is 6. The van der Waals surface area contributed by atoms with Gasteiger partial charge in [-0.2, -0.15) is 11.8 Å². The highest BCUT2D eigenvalue weighted by molar-refractivity contribution is 7.99. The molecule has 0 saturated heterocycles. The van der Waals surface area contributed by atoms with Gasteiger partial charge in [0.2, 0.25) is 0 Å². The Kier molecular flexibility index (Phi) is 3.43. The van der Waals surface area contributed by atoms with Crippen molar-refractivity contribution in [2.75, 3.05) is 18.1 Å². The van der Waals surface area contributed by atoms with E-state index in [2.05, 4.69) is 18.7 Å². The normalized spacial score (nSPS) is 39.9. The Hall–Kier alpha value is 0.310. The van der Waals surface area contributed by atoms with E-state index in [-0.39, 0.29) is 0 Å². The molecule has 0 radical (unpaired) electrons. The first-order chi connectivity index (χ1) is 6.79. The summed E-state index contributed by atoms with van der Waals surface area (Å²) in [4.78, 5) is 0. The molecule has 0 spiro atoms. The quantitative estimate of drug-likeness (QED) is 0.687. The van der Waals surface area contributed by atoms with E-state index in [4.69, 9.17) is 5.73 Å². The Morgan fingerprint density at radius 2 is 2.07 bits per heavy atom. The Labute approximate surface area is 92.2 Å². The maximum Gasteiger partial charge on any atom is -0.00203 e. The minimum atomic E-state index is 0.571. The Morgan fingerprint density at radius 1 is 1.36 bits per heavy atom. The van der Waals surface area contributed by atoms with Crippen LogP contribution in [0, 0.1) is 17.3 Å². The fraction of sp³-hybridized carbons (Fsp3) is 1.00. The third-order valence-electron chi connectivity index (χ3n) is 4.09. The highest BCUT2D eigenvalue weighted by Gasteiger charge is 2.52. The summed E-state index contributed by atoms with van der Waals surface area (Å²) in [5.74, 6) is 4.77. The molecule has 2 fully saturated rings. The zero-order chi connectivity index (χ0) is 10.0. The third-order valence-corrected chi connectivity index (χ3v) is 5.08. The van der Waals surface area contributed by atoms with E-state index < -0.39 is 0 Å². The van der Waals surface area contributed by atoms with Crippen molar-refractivity contribution in [3.8, 4) is 0 Å². The largest absolute Gasteiger partial charge is 0.330 e. The summed E-state index contributed by atoms with van der Waals surface area (Å²) in [5.41, 5.74) is 6.53. The molecule has 0 bridgehead atoms. The highest BCUT2D eigenvalue weighted by Crippen LogP contribution is 2.60. The molecule has 0 aromatic rings. The Morgan fingerprint density at radius 3 is 2.64 bits per heavy atom. The summed E-state index contributed by atoms with van der Waals surface area (Å²) in [5, 5.41) is 0. The summed E-state index contributed by atoms with van der Waals surface area (Å²) in [6, 6.07) is 0. The van der Waals surface area contributed by atoms with Gasteiger partial charge in [0.15, 0.2) is 0 Å². The number of fused-ring (bicyclic) bond motifs is 1. The van der Waals surface area contributed by atoms with Crippen LogP contribution in [0.3, 0.4) is 0 Å². The molecule has 2 saturated carbocycles. The first-order valence-electron chi connectivity index (χ1n) is 6.07. The van der Waals surface area contributed by atoms with Crippen LogP contribution in [0.5, 0.6) is 0 Å². The number of thioether (sulfide) groups is 1. The topological polar surface area (TPSA) is 26.0 Å². The molecule has 2 aliphatic rings. The summed E-state index contributed by atoms with van der Waals surface area (Å²) in [6.07, 6.45) is 7.19. The maximum atomic E-state index is 5.96. The summed E-state index contributed by atoms with van der Waals surface area (Å²) in [6.45, 7) is 3.19. The Bertz CT molecular complexity index is 183. The van der Waals surface area contributed by atoms with E-state index in [1.165, 1.54) is 43.6 Å². The average Bonchev–Trinajstić information content (AvgIpc) is 2.82. The predicted molar refractivity (Wildman–Crippen MR) is 64.6 cm³/mol. The van der Waals surface area contributed by atoms with Gasteiger partial charge in [-0.25, -0.2) is 0 Å². The van der Waals surface area contributed by atoms with Gasteiger partial charge in [-0.15, -0.1) is 0 Å². The lowest BCUT2D eigenvalue weighted by molar-refractivity contribution is 0.250. The molecule has 0 amide bonds. The van der Waals surface area contributed by atoms with Gasteiger partial charge in [0, 0.05) is 0 Å². The molecule has 2 rings (SSSR count). The van der Waals surface area contributed by atoms with E-state index in [1.807, 2.05) is 0 Å². The summed E-state index contributed by atoms with van der Waals surface area (Å²) >= 11 is 2.07. The summed E-state index contributed by atoms with van der Waals surface area (Å²) < 4.78 is 0. The molecule has 2 atom stereocenters. The van der Waals surface area contributed by atoms with Gasteiger partial charge in [0.1, 0.15) is 0 Å². The highest BCUT2D eigenvalue weighted by atomic mass is 32.2. The lowest BCUT2D eigenvalue weighted by Gasteiger charge is -2.29. The van der Waals surface area contributed by atoms with Gasteiger partial charge in [0.25, 0.3) is 0 Å². The lowest BCUT2D eigenvalue weighted by Crippen LogP contribution is -2.29. The van der Waals surface area contributed by atoms with Crippen LogP contribution >= 0.6 is 11.8 Å². The number of nitrogens with two attached hydrogens (primary N) is 1. The van der Waals surface area contributed by atoms with Crippen LogP contribution in [0.2, 0.25) is 0 Å². The van der Waals surface area contributed by atoms with Crippen molar-refractivity contribution < 1.29 is 0 Å². The number of hydrogen-bond donors (Lipinski definition) is 1. The lowest BCUT2D eigenvalue weighted by atomic mass is 9.79. The van der Waals surface area contributed by atoms with Crippen molar-refractivity contribution in [1.29, 1.82) is 0 Å². The van der Waals surface area contributed by atoms with Gasteiger partial charge >= 0.3 is 0 Å². The molecule has 2 unspecified atom stereocenters. The maximum absolute atomic E-state index is 5.96. The fourth-order valence-electron chi connectivity index (χ4n) is 3.17. The minimum Gasteiger partial charge on any atom is -0.330 e. The van der Waals surface area contributed by atoms with Crippen LogP contribution in [-0.4, -0.2) is 18.1 Å². The molecule has 0 aliphatic heterocycles. The second-order valence-corrected chi connectivity index (χ2v) is 6.56. The molecule has 1 nitrogen and oxygen atoms in total. The van der Waals surface area contributed by atoms with Gasteiger partial charge in [-0.05, 0) is 67.4 Å². The van der Waals surface area contributed by atoms with E-state index in [0.717, 1.165) is 18.4 Å². The molecule has 14 heavy (non-hydrogen) atoms. The molecule has 0 aromatic heterocycles. The smallest absolute Gasteiger partial charge is 0.00203 e. The zero-order valence-corrected chi connectivity index (χ0v) is 10.1. The first-order valence-corrected chi connectivity index (χ1v) is 7.23. The predicted octanol–water partition coefficient (Wildman–Crippen LogP) is 2.89. The van der Waals surface area contributed by atoms with Crippen molar-refractivity contribution in [1.82, 2.24) is 0 Å². The minimum absolute atomic E-state index is 0.571. The van der Waals surface area contributed by atoms with Crippen LogP contribution in [0.15, 0.2) is 0 Å². The van der Waals surface area contributed by atoms with Gasteiger partial charge < -0.3 is 5.73 Å². The van der Waals surface area contributed by atoms with Gasteiger partial charge in [-0.3, -0.25) is 0 Å². The molecular weight excluding hydrogens is 190 g/mol. The molecule has 0 heterocycles. The van der Waals surface area contributed by atoms with Gasteiger partial charge in [0.05, 0.1) is 0 Å². The van der Waals surface area contributed by atoms with E-state index in [9.17, 15) is 0 Å². The van der Waals surface area contributed by atoms with E-state index in [0.29, 0.717) is 5.41 Å². The van der Waals surface area contributed by atoms with E-state index in [1.54, 1.807) is 0 Å². The second kappa shape index (κ2) is 4.44. The standard InChI is InChI=1S/C12H23NS/c1-2-14-5-3-4-12(9-13)7-10-6-11(10)8-12/h10-11H,2-9,13H2,1H3. The summed E-state index contributed by atoms with van der Waals surface area (Å²) in [7, 11) is 0. The third kappa shape index (κ3) is 2.27. The average molecular weight is 213 g/mol. The molecule has 2 N–H and O–H groups in total.